The van der Waals surface area contributed by atoms with Crippen molar-refractivity contribution in [2.24, 2.45) is 0 Å². The summed E-state index contributed by atoms with van der Waals surface area (Å²) >= 11 is 0. The Bertz CT molecular complexity index is 918. The van der Waals surface area contributed by atoms with E-state index >= 15 is 0 Å². The largest absolute Gasteiger partial charge is 0.490 e. The Morgan fingerprint density at radius 1 is 1.29 bits per heavy atom. The van der Waals surface area contributed by atoms with Gasteiger partial charge in [-0.3, -0.25) is 9.78 Å². The number of rotatable bonds is 4. The van der Waals surface area contributed by atoms with Gasteiger partial charge in [0.2, 0.25) is 0 Å². The third-order valence-electron chi connectivity index (χ3n) is 3.71. The number of aryl methyl sites for hydroxylation is 2. The molecule has 0 bridgehead atoms. The molecule has 122 valence electrons. The van der Waals surface area contributed by atoms with Gasteiger partial charge in [0, 0.05) is 41.0 Å². The zero-order valence-corrected chi connectivity index (χ0v) is 13.1. The minimum atomic E-state index is -1.79. The lowest BCUT2D eigenvalue weighted by atomic mass is 9.78. The van der Waals surface area contributed by atoms with Crippen LogP contribution in [0.15, 0.2) is 33.7 Å². The lowest BCUT2D eigenvalue weighted by Crippen LogP contribution is -2.37. The molecule has 3 heterocycles. The number of aromatic amines is 1. The van der Waals surface area contributed by atoms with Crippen LogP contribution in [0.1, 0.15) is 22.7 Å². The fourth-order valence-corrected chi connectivity index (χ4v) is 2.41. The van der Waals surface area contributed by atoms with Gasteiger partial charge in [-0.2, -0.15) is 5.10 Å². The van der Waals surface area contributed by atoms with Crippen molar-refractivity contribution in [2.75, 3.05) is 0 Å². The van der Waals surface area contributed by atoms with Crippen LogP contribution in [0, 0.1) is 13.8 Å². The molecule has 0 saturated carbocycles. The van der Waals surface area contributed by atoms with E-state index in [1.807, 2.05) is 19.1 Å². The molecular formula is C15H15BN4O4. The molecule has 0 amide bonds. The summed E-state index contributed by atoms with van der Waals surface area (Å²) in [5, 5.41) is 29.2. The highest BCUT2D eigenvalue weighted by Gasteiger charge is 2.22. The first-order chi connectivity index (χ1) is 11.5. The predicted octanol–water partition coefficient (Wildman–Crippen LogP) is -0.293. The molecule has 3 rings (SSSR count). The van der Waals surface area contributed by atoms with Crippen molar-refractivity contribution in [3.63, 3.8) is 0 Å². The van der Waals surface area contributed by atoms with E-state index in [0.717, 1.165) is 22.9 Å². The molecule has 0 spiro atoms. The molecule has 0 aliphatic heterocycles. The normalized spacial score (nSPS) is 10.8. The van der Waals surface area contributed by atoms with E-state index in [1.165, 1.54) is 0 Å². The maximum absolute atomic E-state index is 11.4. The lowest BCUT2D eigenvalue weighted by Gasteiger charge is -2.07. The topological polar surface area (TPSA) is 125 Å². The maximum atomic E-state index is 11.4. The highest BCUT2D eigenvalue weighted by atomic mass is 16.5. The van der Waals surface area contributed by atoms with Crippen molar-refractivity contribution < 1.29 is 14.6 Å². The standard InChI is InChI=1S/C15H15BN4O4/c1-8-3-4-10(7-17-8)15-11(9(2)24-20-15)5-13-12(16(22)23)6-14(21)19-18-13/h3-4,6-7,22-23H,5H2,1-2H3,(H,19,21). The number of hydrogen-bond donors (Lipinski definition) is 3. The molecule has 0 aliphatic carbocycles. The Labute approximate surface area is 137 Å². The zero-order valence-electron chi connectivity index (χ0n) is 13.1. The summed E-state index contributed by atoms with van der Waals surface area (Å²) in [7, 11) is -1.79. The van der Waals surface area contributed by atoms with Crippen LogP contribution in [-0.2, 0) is 6.42 Å². The summed E-state index contributed by atoms with van der Waals surface area (Å²) in [6, 6.07) is 4.86. The van der Waals surface area contributed by atoms with Crippen LogP contribution in [0.3, 0.4) is 0 Å². The number of nitrogens with zero attached hydrogens (tertiary/aromatic N) is 3. The monoisotopic (exact) mass is 326 g/mol. The third-order valence-corrected chi connectivity index (χ3v) is 3.71. The molecule has 0 radical (unpaired) electrons. The van der Waals surface area contributed by atoms with Crippen molar-refractivity contribution in [1.82, 2.24) is 20.3 Å². The van der Waals surface area contributed by atoms with Crippen molar-refractivity contribution >= 4 is 12.6 Å². The van der Waals surface area contributed by atoms with Crippen molar-refractivity contribution in [3.05, 3.63) is 57.5 Å². The molecule has 0 aromatic carbocycles. The van der Waals surface area contributed by atoms with Gasteiger partial charge in [0.15, 0.2) is 0 Å². The summed E-state index contributed by atoms with van der Waals surface area (Å²) in [4.78, 5) is 15.6. The second-order valence-electron chi connectivity index (χ2n) is 5.44. The van der Waals surface area contributed by atoms with E-state index < -0.39 is 12.7 Å². The molecule has 0 unspecified atom stereocenters. The summed E-state index contributed by atoms with van der Waals surface area (Å²) in [6.45, 7) is 3.64. The second-order valence-corrected chi connectivity index (χ2v) is 5.44. The average Bonchev–Trinajstić information content (AvgIpc) is 2.91. The number of aromatic nitrogens is 4. The van der Waals surface area contributed by atoms with Gasteiger partial charge in [-0.25, -0.2) is 5.10 Å². The maximum Gasteiger partial charge on any atom is 0.490 e. The molecule has 3 aromatic heterocycles. The van der Waals surface area contributed by atoms with Crippen LogP contribution in [-0.4, -0.2) is 37.5 Å². The van der Waals surface area contributed by atoms with Gasteiger partial charge in [-0.1, -0.05) is 5.16 Å². The van der Waals surface area contributed by atoms with Crippen LogP contribution in [0.5, 0.6) is 0 Å². The zero-order chi connectivity index (χ0) is 17.3. The van der Waals surface area contributed by atoms with Gasteiger partial charge >= 0.3 is 7.12 Å². The molecule has 3 aromatic rings. The van der Waals surface area contributed by atoms with Crippen LogP contribution in [0.25, 0.3) is 11.3 Å². The summed E-state index contributed by atoms with van der Waals surface area (Å²) in [5.41, 5.74) is 2.88. The number of H-pyrrole nitrogens is 1. The molecule has 0 aliphatic rings. The van der Waals surface area contributed by atoms with Gasteiger partial charge in [0.1, 0.15) is 11.5 Å². The van der Waals surface area contributed by atoms with Gasteiger partial charge < -0.3 is 14.6 Å². The van der Waals surface area contributed by atoms with Crippen molar-refractivity contribution in [1.29, 1.82) is 0 Å². The van der Waals surface area contributed by atoms with Crippen LogP contribution in [0.2, 0.25) is 0 Å². The van der Waals surface area contributed by atoms with Gasteiger partial charge in [0.05, 0.1) is 5.69 Å². The lowest BCUT2D eigenvalue weighted by molar-refractivity contribution is 0.398. The molecule has 9 heteroatoms. The summed E-state index contributed by atoms with van der Waals surface area (Å²) < 4.78 is 5.27. The summed E-state index contributed by atoms with van der Waals surface area (Å²) in [6.07, 6.45) is 1.92. The molecule has 0 atom stereocenters. The van der Waals surface area contributed by atoms with E-state index in [9.17, 15) is 14.8 Å². The first-order valence-electron chi connectivity index (χ1n) is 7.28. The first kappa shape index (κ1) is 16.1. The van der Waals surface area contributed by atoms with E-state index in [2.05, 4.69) is 20.3 Å². The fraction of sp³-hybridized carbons (Fsp3) is 0.200. The van der Waals surface area contributed by atoms with Crippen molar-refractivity contribution in [2.45, 2.75) is 20.3 Å². The van der Waals surface area contributed by atoms with Gasteiger partial charge in [-0.15, -0.1) is 0 Å². The number of hydrogen-bond acceptors (Lipinski definition) is 7. The highest BCUT2D eigenvalue weighted by molar-refractivity contribution is 6.59. The highest BCUT2D eigenvalue weighted by Crippen LogP contribution is 2.26. The Balaban J connectivity index is 2.04. The van der Waals surface area contributed by atoms with E-state index in [4.69, 9.17) is 4.52 Å². The minimum absolute atomic E-state index is 0.0485. The molecular weight excluding hydrogens is 311 g/mol. The Hall–Kier alpha value is -2.78. The third kappa shape index (κ3) is 3.12. The van der Waals surface area contributed by atoms with Crippen molar-refractivity contribution in [3.8, 4) is 11.3 Å². The Kier molecular flexibility index (Phi) is 4.28. The Morgan fingerprint density at radius 2 is 2.08 bits per heavy atom. The molecule has 3 N–H and O–H groups in total. The van der Waals surface area contributed by atoms with Crippen LogP contribution >= 0.6 is 0 Å². The van der Waals surface area contributed by atoms with E-state index in [1.54, 1.807) is 13.1 Å². The van der Waals surface area contributed by atoms with Crippen LogP contribution < -0.4 is 11.0 Å². The SMILES string of the molecule is Cc1ccc(-c2noc(C)c2Cc2n[nH]c(=O)cc2B(O)O)cn1. The number of pyridine rings is 1. The van der Waals surface area contributed by atoms with Gasteiger partial charge in [-0.05, 0) is 26.0 Å². The number of nitrogens with one attached hydrogen (secondary N) is 1. The first-order valence-corrected chi connectivity index (χ1v) is 7.28. The molecule has 8 nitrogen and oxygen atoms in total. The minimum Gasteiger partial charge on any atom is -0.423 e. The average molecular weight is 326 g/mol. The van der Waals surface area contributed by atoms with Gasteiger partial charge in [0.25, 0.3) is 5.56 Å². The molecule has 0 saturated heterocycles. The quantitative estimate of drug-likeness (QED) is 0.562. The summed E-state index contributed by atoms with van der Waals surface area (Å²) in [5.74, 6) is 0.581. The predicted molar refractivity (Wildman–Crippen MR) is 86.7 cm³/mol. The molecule has 0 fully saturated rings. The van der Waals surface area contributed by atoms with E-state index in [-0.39, 0.29) is 11.9 Å². The fourth-order valence-electron chi connectivity index (χ4n) is 2.41. The van der Waals surface area contributed by atoms with Crippen LogP contribution in [0.4, 0.5) is 0 Å². The van der Waals surface area contributed by atoms with E-state index in [0.29, 0.717) is 17.1 Å². The second kappa shape index (κ2) is 6.38. The molecule has 24 heavy (non-hydrogen) atoms. The smallest absolute Gasteiger partial charge is 0.423 e. The Morgan fingerprint density at radius 3 is 2.75 bits per heavy atom.